The molecule has 0 saturated carbocycles. The Hall–Kier alpha value is -0.570. The summed E-state index contributed by atoms with van der Waals surface area (Å²) < 4.78 is 0. The van der Waals surface area contributed by atoms with Crippen molar-refractivity contribution in [3.63, 3.8) is 0 Å². The molecular formula is C14H20ClNO. The minimum atomic E-state index is -0.203. The molecule has 0 amide bonds. The fraction of sp³-hybridized carbons (Fsp3) is 0.571. The molecule has 17 heavy (non-hydrogen) atoms. The highest BCUT2D eigenvalue weighted by Gasteiger charge is 2.33. The van der Waals surface area contributed by atoms with E-state index in [1.807, 2.05) is 18.2 Å². The van der Waals surface area contributed by atoms with Gasteiger partial charge in [0, 0.05) is 23.7 Å². The molecule has 2 nitrogen and oxygen atoms in total. The SMILES string of the molecule is CC1(C)CCC(O)CN1Cc1ccccc1Cl. The summed E-state index contributed by atoms with van der Waals surface area (Å²) in [6.45, 7) is 6.01. The van der Waals surface area contributed by atoms with Crippen LogP contribution in [0.2, 0.25) is 5.02 Å². The lowest BCUT2D eigenvalue weighted by atomic mass is 9.88. The van der Waals surface area contributed by atoms with E-state index < -0.39 is 0 Å². The van der Waals surface area contributed by atoms with E-state index in [1.165, 1.54) is 0 Å². The van der Waals surface area contributed by atoms with E-state index in [4.69, 9.17) is 11.6 Å². The summed E-state index contributed by atoms with van der Waals surface area (Å²) in [5, 5.41) is 10.6. The molecule has 0 radical (unpaired) electrons. The Morgan fingerprint density at radius 1 is 1.41 bits per heavy atom. The average molecular weight is 254 g/mol. The zero-order valence-electron chi connectivity index (χ0n) is 10.5. The largest absolute Gasteiger partial charge is 0.392 e. The van der Waals surface area contributed by atoms with Gasteiger partial charge in [-0.25, -0.2) is 0 Å². The number of likely N-dealkylation sites (tertiary alicyclic amines) is 1. The zero-order valence-corrected chi connectivity index (χ0v) is 11.2. The first-order valence-corrected chi connectivity index (χ1v) is 6.53. The van der Waals surface area contributed by atoms with Crippen molar-refractivity contribution >= 4 is 11.6 Å². The highest BCUT2D eigenvalue weighted by Crippen LogP contribution is 2.30. The van der Waals surface area contributed by atoms with Gasteiger partial charge in [-0.1, -0.05) is 29.8 Å². The molecule has 0 bridgehead atoms. The van der Waals surface area contributed by atoms with Gasteiger partial charge in [-0.3, -0.25) is 4.90 Å². The number of rotatable bonds is 2. The molecule has 1 heterocycles. The Kier molecular flexibility index (Phi) is 3.76. The summed E-state index contributed by atoms with van der Waals surface area (Å²) in [4.78, 5) is 2.32. The van der Waals surface area contributed by atoms with Crippen LogP contribution in [0.25, 0.3) is 0 Å². The second-order valence-electron chi connectivity index (χ2n) is 5.48. The standard InChI is InChI=1S/C14H20ClNO/c1-14(2)8-7-12(17)10-16(14)9-11-5-3-4-6-13(11)15/h3-6,12,17H,7-10H2,1-2H3. The summed E-state index contributed by atoms with van der Waals surface area (Å²) in [5.41, 5.74) is 1.27. The van der Waals surface area contributed by atoms with Gasteiger partial charge in [0.2, 0.25) is 0 Å². The first kappa shape index (κ1) is 12.9. The highest BCUT2D eigenvalue weighted by molar-refractivity contribution is 6.31. The van der Waals surface area contributed by atoms with Crippen molar-refractivity contribution in [2.24, 2.45) is 0 Å². The van der Waals surface area contributed by atoms with E-state index in [1.54, 1.807) is 0 Å². The van der Waals surface area contributed by atoms with Crippen LogP contribution in [-0.2, 0) is 6.54 Å². The van der Waals surface area contributed by atoms with Crippen molar-refractivity contribution in [1.29, 1.82) is 0 Å². The molecule has 1 atom stereocenters. The Bertz CT molecular complexity index is 392. The van der Waals surface area contributed by atoms with E-state index >= 15 is 0 Å². The molecular weight excluding hydrogens is 234 g/mol. The van der Waals surface area contributed by atoms with Gasteiger partial charge >= 0.3 is 0 Å². The van der Waals surface area contributed by atoms with Crippen molar-refractivity contribution < 1.29 is 5.11 Å². The third-order valence-corrected chi connectivity index (χ3v) is 4.06. The first-order valence-electron chi connectivity index (χ1n) is 6.15. The second-order valence-corrected chi connectivity index (χ2v) is 5.88. The molecule has 1 saturated heterocycles. The smallest absolute Gasteiger partial charge is 0.0668 e. The molecule has 0 aromatic heterocycles. The quantitative estimate of drug-likeness (QED) is 0.876. The van der Waals surface area contributed by atoms with E-state index in [0.29, 0.717) is 0 Å². The van der Waals surface area contributed by atoms with Crippen molar-refractivity contribution in [3.8, 4) is 0 Å². The van der Waals surface area contributed by atoms with Gasteiger partial charge in [0.1, 0.15) is 0 Å². The van der Waals surface area contributed by atoms with Crippen molar-refractivity contribution in [2.45, 2.75) is 44.9 Å². The number of aliphatic hydroxyl groups excluding tert-OH is 1. The minimum Gasteiger partial charge on any atom is -0.392 e. The number of β-amino-alcohol motifs (C(OH)–C–C–N with tert-alkyl or cyclic N) is 1. The van der Waals surface area contributed by atoms with Gasteiger partial charge in [0.15, 0.2) is 0 Å². The number of hydrogen-bond acceptors (Lipinski definition) is 2. The summed E-state index contributed by atoms with van der Waals surface area (Å²) in [5.74, 6) is 0. The molecule has 1 aromatic carbocycles. The Morgan fingerprint density at radius 2 is 2.12 bits per heavy atom. The molecule has 1 fully saturated rings. The van der Waals surface area contributed by atoms with Crippen LogP contribution in [0, 0.1) is 0 Å². The number of benzene rings is 1. The van der Waals surface area contributed by atoms with Crippen LogP contribution in [-0.4, -0.2) is 28.2 Å². The fourth-order valence-corrected chi connectivity index (χ4v) is 2.58. The number of aliphatic hydroxyl groups is 1. The molecule has 0 spiro atoms. The maximum absolute atomic E-state index is 9.78. The number of hydrogen-bond donors (Lipinski definition) is 1. The summed E-state index contributed by atoms with van der Waals surface area (Å²) in [7, 11) is 0. The molecule has 0 aliphatic carbocycles. The molecule has 1 aliphatic heterocycles. The van der Waals surface area contributed by atoms with Gasteiger partial charge in [0.05, 0.1) is 6.10 Å². The molecule has 94 valence electrons. The topological polar surface area (TPSA) is 23.5 Å². The van der Waals surface area contributed by atoms with E-state index in [9.17, 15) is 5.11 Å². The van der Waals surface area contributed by atoms with E-state index in [2.05, 4.69) is 24.8 Å². The summed E-state index contributed by atoms with van der Waals surface area (Å²) >= 11 is 6.18. The Labute approximate surface area is 108 Å². The maximum atomic E-state index is 9.78. The minimum absolute atomic E-state index is 0.137. The maximum Gasteiger partial charge on any atom is 0.0668 e. The van der Waals surface area contributed by atoms with Crippen molar-refractivity contribution in [1.82, 2.24) is 4.90 Å². The molecule has 2 rings (SSSR count). The predicted octanol–water partition coefficient (Wildman–Crippen LogP) is 3.08. The Balaban J connectivity index is 2.14. The van der Waals surface area contributed by atoms with Crippen LogP contribution in [0.1, 0.15) is 32.3 Å². The van der Waals surface area contributed by atoms with Crippen LogP contribution in [0.4, 0.5) is 0 Å². The van der Waals surface area contributed by atoms with Crippen LogP contribution in [0.3, 0.4) is 0 Å². The van der Waals surface area contributed by atoms with E-state index in [0.717, 1.165) is 36.5 Å². The van der Waals surface area contributed by atoms with Crippen LogP contribution < -0.4 is 0 Å². The molecule has 1 N–H and O–H groups in total. The lowest BCUT2D eigenvalue weighted by Crippen LogP contribution is -2.51. The van der Waals surface area contributed by atoms with Gasteiger partial charge in [-0.05, 0) is 38.3 Å². The molecule has 3 heteroatoms. The summed E-state index contributed by atoms with van der Waals surface area (Å²) in [6.07, 6.45) is 1.72. The lowest BCUT2D eigenvalue weighted by molar-refractivity contribution is -0.00957. The van der Waals surface area contributed by atoms with Gasteiger partial charge in [0.25, 0.3) is 0 Å². The Morgan fingerprint density at radius 3 is 2.82 bits per heavy atom. The van der Waals surface area contributed by atoms with Crippen LogP contribution in [0.15, 0.2) is 24.3 Å². The monoisotopic (exact) mass is 253 g/mol. The van der Waals surface area contributed by atoms with Crippen molar-refractivity contribution in [2.75, 3.05) is 6.54 Å². The van der Waals surface area contributed by atoms with Gasteiger partial charge < -0.3 is 5.11 Å². The molecule has 1 unspecified atom stereocenters. The number of halogens is 1. The molecule has 1 aromatic rings. The normalized spacial score (nSPS) is 24.8. The lowest BCUT2D eigenvalue weighted by Gasteiger charge is -2.44. The third kappa shape index (κ3) is 3.01. The predicted molar refractivity (Wildman–Crippen MR) is 71.2 cm³/mol. The van der Waals surface area contributed by atoms with E-state index in [-0.39, 0.29) is 11.6 Å². The summed E-state index contributed by atoms with van der Waals surface area (Å²) in [6, 6.07) is 7.93. The highest BCUT2D eigenvalue weighted by atomic mass is 35.5. The number of piperidine rings is 1. The second kappa shape index (κ2) is 4.97. The molecule has 1 aliphatic rings. The van der Waals surface area contributed by atoms with Gasteiger partial charge in [-0.2, -0.15) is 0 Å². The average Bonchev–Trinajstić information content (AvgIpc) is 2.27. The number of nitrogens with zero attached hydrogens (tertiary/aromatic N) is 1. The fourth-order valence-electron chi connectivity index (χ4n) is 2.38. The van der Waals surface area contributed by atoms with Gasteiger partial charge in [-0.15, -0.1) is 0 Å². The first-order chi connectivity index (χ1) is 7.99. The van der Waals surface area contributed by atoms with Crippen molar-refractivity contribution in [3.05, 3.63) is 34.9 Å². The van der Waals surface area contributed by atoms with Crippen LogP contribution >= 0.6 is 11.6 Å². The third-order valence-electron chi connectivity index (χ3n) is 3.70. The van der Waals surface area contributed by atoms with Crippen LogP contribution in [0.5, 0.6) is 0 Å². The zero-order chi connectivity index (χ0) is 12.5.